The van der Waals surface area contributed by atoms with Crippen LogP contribution in [0.4, 0.5) is 14.5 Å². The van der Waals surface area contributed by atoms with Crippen LogP contribution in [0.15, 0.2) is 48.5 Å². The Morgan fingerprint density at radius 1 is 1.11 bits per heavy atom. The van der Waals surface area contributed by atoms with Crippen molar-refractivity contribution < 1.29 is 18.6 Å². The van der Waals surface area contributed by atoms with E-state index in [0.29, 0.717) is 11.3 Å². The summed E-state index contributed by atoms with van der Waals surface area (Å²) in [5, 5.41) is 22.5. The molecule has 6 nitrogen and oxygen atoms in total. The highest BCUT2D eigenvalue weighted by Gasteiger charge is 2.64. The Morgan fingerprint density at radius 2 is 1.89 bits per heavy atom. The van der Waals surface area contributed by atoms with Crippen molar-refractivity contribution in [3.8, 4) is 5.75 Å². The van der Waals surface area contributed by atoms with E-state index < -0.39 is 17.9 Å². The molecule has 1 spiro atoms. The number of nitrogens with one attached hydrogen (secondary N) is 2. The van der Waals surface area contributed by atoms with Gasteiger partial charge in [-0.15, -0.1) is 0 Å². The third-order valence-corrected chi connectivity index (χ3v) is 7.60. The number of aliphatic hydroxyl groups is 1. The van der Waals surface area contributed by atoms with Gasteiger partial charge >= 0.3 is 0 Å². The molecule has 1 aliphatic heterocycles. The number of rotatable bonds is 6. The van der Waals surface area contributed by atoms with Crippen LogP contribution in [-0.4, -0.2) is 47.6 Å². The van der Waals surface area contributed by atoms with E-state index in [1.807, 2.05) is 24.3 Å². The number of H-pyrrole nitrogens is 1. The molecule has 1 aromatic heterocycles. The topological polar surface area (TPSA) is 73.4 Å². The van der Waals surface area contributed by atoms with Gasteiger partial charge in [0.15, 0.2) is 0 Å². The zero-order valence-electron chi connectivity index (χ0n) is 20.8. The van der Waals surface area contributed by atoms with Gasteiger partial charge in [0.2, 0.25) is 0 Å². The first-order valence-corrected chi connectivity index (χ1v) is 12.2. The molecule has 3 atom stereocenters. The van der Waals surface area contributed by atoms with Gasteiger partial charge in [-0.05, 0) is 85.6 Å². The van der Waals surface area contributed by atoms with Crippen LogP contribution in [0, 0.1) is 11.6 Å². The zero-order chi connectivity index (χ0) is 25.9. The first kappa shape index (κ1) is 23.6. The molecule has 2 unspecified atom stereocenters. The number of methoxy groups -OCH3 is 1. The summed E-state index contributed by atoms with van der Waals surface area (Å²) in [7, 11) is 5.18. The number of aliphatic hydroxyl groups excluding tert-OH is 1. The van der Waals surface area contributed by atoms with Gasteiger partial charge in [-0.1, -0.05) is 18.2 Å². The molecule has 0 saturated heterocycles. The van der Waals surface area contributed by atoms with Crippen LogP contribution >= 0.6 is 0 Å². The lowest BCUT2D eigenvalue weighted by Crippen LogP contribution is -2.27. The molecule has 0 radical (unpaired) electrons. The first-order valence-electron chi connectivity index (χ1n) is 12.2. The standard InChI is InChI=1S/C29H28F2N4O2/c1-35(2)15-20-23(30)10-16(11-24(20)31)4-8-25-19-7-5-17(12-27(19)34-33-25)22-14-29(22)21-13-18(37-3)6-9-26(21)32-28(29)36/h4-13,22,28,32,36H,14-15H2,1-3H3,(H,33,34)/b8-4+/t22?,28-,29?/m1/s1. The lowest BCUT2D eigenvalue weighted by Gasteiger charge is -2.16. The summed E-state index contributed by atoms with van der Waals surface area (Å²) >= 11 is 0. The summed E-state index contributed by atoms with van der Waals surface area (Å²) in [4.78, 5) is 1.73. The van der Waals surface area contributed by atoms with Gasteiger partial charge in [-0.25, -0.2) is 8.78 Å². The minimum Gasteiger partial charge on any atom is -0.497 e. The molecule has 1 aliphatic carbocycles. The number of nitrogens with zero attached hydrogens (tertiary/aromatic N) is 2. The van der Waals surface area contributed by atoms with E-state index in [4.69, 9.17) is 4.74 Å². The second kappa shape index (κ2) is 8.68. The molecular formula is C29H28F2N4O2. The van der Waals surface area contributed by atoms with E-state index >= 15 is 0 Å². The minimum atomic E-state index is -0.666. The molecule has 0 amide bonds. The Hall–Kier alpha value is -3.75. The highest BCUT2D eigenvalue weighted by Crippen LogP contribution is 2.66. The summed E-state index contributed by atoms with van der Waals surface area (Å²) < 4.78 is 34.3. The molecule has 1 fully saturated rings. The number of halogens is 2. The first-order chi connectivity index (χ1) is 17.8. The fourth-order valence-electron chi connectivity index (χ4n) is 5.64. The van der Waals surface area contributed by atoms with Crippen molar-refractivity contribution in [1.82, 2.24) is 15.1 Å². The highest BCUT2D eigenvalue weighted by atomic mass is 19.1. The van der Waals surface area contributed by atoms with E-state index in [1.54, 1.807) is 38.3 Å². The van der Waals surface area contributed by atoms with E-state index in [0.717, 1.165) is 39.9 Å². The van der Waals surface area contributed by atoms with Crippen molar-refractivity contribution in [2.75, 3.05) is 26.5 Å². The van der Waals surface area contributed by atoms with Gasteiger partial charge in [-0.3, -0.25) is 5.10 Å². The van der Waals surface area contributed by atoms with Gasteiger partial charge in [0, 0.05) is 28.6 Å². The largest absolute Gasteiger partial charge is 0.497 e. The predicted molar refractivity (Wildman–Crippen MR) is 140 cm³/mol. The summed E-state index contributed by atoms with van der Waals surface area (Å²) in [6, 6.07) is 14.7. The molecule has 4 aromatic rings. The number of benzene rings is 3. The predicted octanol–water partition coefficient (Wildman–Crippen LogP) is 5.25. The minimum absolute atomic E-state index is 0.0568. The quantitative estimate of drug-likeness (QED) is 0.336. The molecular weight excluding hydrogens is 474 g/mol. The zero-order valence-corrected chi connectivity index (χ0v) is 20.8. The number of aromatic nitrogens is 2. The van der Waals surface area contributed by atoms with Crippen molar-refractivity contribution >= 4 is 28.7 Å². The number of fused-ring (bicyclic) bond motifs is 3. The van der Waals surface area contributed by atoms with Crippen LogP contribution in [0.3, 0.4) is 0 Å². The molecule has 2 heterocycles. The van der Waals surface area contributed by atoms with Gasteiger partial charge < -0.3 is 20.1 Å². The highest BCUT2D eigenvalue weighted by molar-refractivity contribution is 5.90. The van der Waals surface area contributed by atoms with Crippen LogP contribution in [0.2, 0.25) is 0 Å². The number of aromatic amines is 1. The Kier molecular flexibility index (Phi) is 5.54. The van der Waals surface area contributed by atoms with Gasteiger partial charge in [0.1, 0.15) is 23.6 Å². The fraction of sp³-hybridized carbons (Fsp3) is 0.276. The van der Waals surface area contributed by atoms with Crippen LogP contribution < -0.4 is 10.1 Å². The Bertz CT molecular complexity index is 1520. The second-order valence-corrected chi connectivity index (χ2v) is 10.2. The normalized spacial score (nSPS) is 22.2. The lowest BCUT2D eigenvalue weighted by molar-refractivity contribution is 0.166. The van der Waals surface area contributed by atoms with Crippen LogP contribution in [0.1, 0.15) is 40.3 Å². The van der Waals surface area contributed by atoms with Crippen LogP contribution in [0.25, 0.3) is 23.1 Å². The molecule has 3 aromatic carbocycles. The molecule has 6 rings (SSSR count). The van der Waals surface area contributed by atoms with Gasteiger partial charge in [0.05, 0.1) is 18.3 Å². The molecule has 1 saturated carbocycles. The number of hydrogen-bond donors (Lipinski definition) is 3. The number of anilines is 1. The number of hydrogen-bond acceptors (Lipinski definition) is 5. The monoisotopic (exact) mass is 502 g/mol. The van der Waals surface area contributed by atoms with Crippen molar-refractivity contribution in [2.45, 2.75) is 30.5 Å². The van der Waals surface area contributed by atoms with Crippen molar-refractivity contribution in [3.05, 3.63) is 88.1 Å². The number of ether oxygens (including phenoxy) is 1. The maximum atomic E-state index is 14.5. The SMILES string of the molecule is COc1ccc2c(c1)C1(CC1c1ccc3c(/C=C/c4cc(F)c(CN(C)C)c(F)c4)n[nH]c3c1)[C@@H](O)N2. The molecule has 8 heteroatoms. The summed E-state index contributed by atoms with van der Waals surface area (Å²) in [6.45, 7) is 0.197. The Balaban J connectivity index is 1.26. The maximum Gasteiger partial charge on any atom is 0.134 e. The van der Waals surface area contributed by atoms with Gasteiger partial charge in [0.25, 0.3) is 0 Å². The van der Waals surface area contributed by atoms with Crippen LogP contribution in [0.5, 0.6) is 5.75 Å². The third-order valence-electron chi connectivity index (χ3n) is 7.60. The third kappa shape index (κ3) is 3.88. The van der Waals surface area contributed by atoms with E-state index in [2.05, 4.69) is 27.6 Å². The van der Waals surface area contributed by atoms with Gasteiger partial charge in [-0.2, -0.15) is 5.10 Å². The van der Waals surface area contributed by atoms with Crippen molar-refractivity contribution in [1.29, 1.82) is 0 Å². The molecule has 3 N–H and O–H groups in total. The van der Waals surface area contributed by atoms with Crippen LogP contribution in [-0.2, 0) is 12.0 Å². The van der Waals surface area contributed by atoms with Crippen molar-refractivity contribution in [2.24, 2.45) is 0 Å². The lowest BCUT2D eigenvalue weighted by atomic mass is 9.91. The smallest absolute Gasteiger partial charge is 0.134 e. The average molecular weight is 503 g/mol. The molecule has 190 valence electrons. The van der Waals surface area contributed by atoms with E-state index in [9.17, 15) is 13.9 Å². The molecule has 0 bridgehead atoms. The Morgan fingerprint density at radius 3 is 2.62 bits per heavy atom. The van der Waals surface area contributed by atoms with E-state index in [-0.39, 0.29) is 23.4 Å². The molecule has 37 heavy (non-hydrogen) atoms. The second-order valence-electron chi connectivity index (χ2n) is 10.2. The van der Waals surface area contributed by atoms with Crippen molar-refractivity contribution in [3.63, 3.8) is 0 Å². The van der Waals surface area contributed by atoms with E-state index in [1.165, 1.54) is 12.1 Å². The summed E-state index contributed by atoms with van der Waals surface area (Å²) in [5.41, 5.74) is 4.79. The maximum absolute atomic E-state index is 14.5. The summed E-state index contributed by atoms with van der Waals surface area (Å²) in [5.74, 6) is -0.203. The average Bonchev–Trinajstić information content (AvgIpc) is 3.41. The Labute approximate surface area is 213 Å². The molecule has 2 aliphatic rings. The summed E-state index contributed by atoms with van der Waals surface area (Å²) in [6.07, 6.45) is 3.58. The fourth-order valence-corrected chi connectivity index (χ4v) is 5.64.